The van der Waals surface area contributed by atoms with Gasteiger partial charge in [-0.2, -0.15) is 5.10 Å². The number of rotatable bonds is 4. The molecule has 27 heavy (non-hydrogen) atoms. The highest BCUT2D eigenvalue weighted by molar-refractivity contribution is 6.39. The third-order valence-electron chi connectivity index (χ3n) is 3.64. The number of para-hydroxylation sites is 3. The number of benzene rings is 2. The number of ether oxygens (including phenoxy) is 1. The Balaban J connectivity index is 1.66. The van der Waals surface area contributed by atoms with Gasteiger partial charge in [0.2, 0.25) is 0 Å². The molecule has 0 fully saturated rings. The fourth-order valence-electron chi connectivity index (χ4n) is 2.34. The molecule has 0 saturated heterocycles. The van der Waals surface area contributed by atoms with Gasteiger partial charge in [0.15, 0.2) is 0 Å². The molecule has 3 aromatic rings. The second-order valence-corrected chi connectivity index (χ2v) is 5.77. The lowest BCUT2D eigenvalue weighted by atomic mass is 10.2. The first-order chi connectivity index (χ1) is 13.1. The van der Waals surface area contributed by atoms with Gasteiger partial charge in [0.1, 0.15) is 10.9 Å². The SMILES string of the molecule is COc1ccccc1NC(=O)C(=O)N/N=C\c1cc2ccccc2nc1Cl. The number of carbonyl (C=O) groups is 2. The van der Waals surface area contributed by atoms with Crippen molar-refractivity contribution in [1.82, 2.24) is 10.4 Å². The van der Waals surface area contributed by atoms with Crippen LogP contribution in [0.5, 0.6) is 5.75 Å². The summed E-state index contributed by atoms with van der Waals surface area (Å²) < 4.78 is 5.12. The fourth-order valence-corrected chi connectivity index (χ4v) is 2.53. The van der Waals surface area contributed by atoms with Gasteiger partial charge in [0, 0.05) is 10.9 Å². The smallest absolute Gasteiger partial charge is 0.329 e. The lowest BCUT2D eigenvalue weighted by Gasteiger charge is -2.08. The zero-order valence-electron chi connectivity index (χ0n) is 14.3. The quantitative estimate of drug-likeness (QED) is 0.314. The van der Waals surface area contributed by atoms with Crippen molar-refractivity contribution in [3.8, 4) is 5.75 Å². The molecule has 3 rings (SSSR count). The zero-order valence-corrected chi connectivity index (χ0v) is 15.0. The van der Waals surface area contributed by atoms with Gasteiger partial charge in [-0.1, -0.05) is 41.9 Å². The van der Waals surface area contributed by atoms with E-state index in [4.69, 9.17) is 16.3 Å². The molecule has 2 aromatic carbocycles. The number of hydrogen-bond donors (Lipinski definition) is 2. The van der Waals surface area contributed by atoms with Crippen molar-refractivity contribution in [2.45, 2.75) is 0 Å². The van der Waals surface area contributed by atoms with Crippen LogP contribution in [0.2, 0.25) is 5.15 Å². The van der Waals surface area contributed by atoms with Crippen LogP contribution in [0.4, 0.5) is 5.69 Å². The number of nitrogens with zero attached hydrogens (tertiary/aromatic N) is 2. The third kappa shape index (κ3) is 4.39. The summed E-state index contributed by atoms with van der Waals surface area (Å²) in [6.07, 6.45) is 1.33. The molecule has 2 N–H and O–H groups in total. The van der Waals surface area contributed by atoms with Crippen molar-refractivity contribution in [3.63, 3.8) is 0 Å². The average Bonchev–Trinajstić information content (AvgIpc) is 2.68. The molecule has 0 atom stereocenters. The predicted molar refractivity (Wildman–Crippen MR) is 104 cm³/mol. The molecule has 0 spiro atoms. The first-order valence-corrected chi connectivity index (χ1v) is 8.29. The van der Waals surface area contributed by atoms with E-state index in [0.717, 1.165) is 10.9 Å². The Bertz CT molecular complexity index is 1040. The molecule has 7 nitrogen and oxygen atoms in total. The van der Waals surface area contributed by atoms with Gasteiger partial charge in [-0.05, 0) is 24.3 Å². The third-order valence-corrected chi connectivity index (χ3v) is 3.94. The van der Waals surface area contributed by atoms with E-state index in [-0.39, 0.29) is 5.15 Å². The number of anilines is 1. The number of aromatic nitrogens is 1. The van der Waals surface area contributed by atoms with Crippen molar-refractivity contribution in [1.29, 1.82) is 0 Å². The molecule has 2 amide bonds. The van der Waals surface area contributed by atoms with Crippen molar-refractivity contribution in [2.75, 3.05) is 12.4 Å². The maximum absolute atomic E-state index is 12.0. The van der Waals surface area contributed by atoms with Crippen molar-refractivity contribution in [2.24, 2.45) is 5.10 Å². The topological polar surface area (TPSA) is 92.7 Å². The van der Waals surface area contributed by atoms with Crippen LogP contribution in [0, 0.1) is 0 Å². The van der Waals surface area contributed by atoms with Gasteiger partial charge in [-0.3, -0.25) is 9.59 Å². The highest BCUT2D eigenvalue weighted by Gasteiger charge is 2.15. The van der Waals surface area contributed by atoms with E-state index in [2.05, 4.69) is 20.8 Å². The fraction of sp³-hybridized carbons (Fsp3) is 0.0526. The van der Waals surface area contributed by atoms with Crippen LogP contribution < -0.4 is 15.5 Å². The summed E-state index contributed by atoms with van der Waals surface area (Å²) in [5.74, 6) is -1.36. The predicted octanol–water partition coefficient (Wildman–Crippen LogP) is 2.99. The van der Waals surface area contributed by atoms with Gasteiger partial charge in [0.05, 0.1) is 24.5 Å². The number of carbonyl (C=O) groups excluding carboxylic acids is 2. The molecule has 0 saturated carbocycles. The Hall–Kier alpha value is -3.45. The molecule has 0 radical (unpaired) electrons. The summed E-state index contributed by atoms with van der Waals surface area (Å²) in [5.41, 5.74) is 3.80. The summed E-state index contributed by atoms with van der Waals surface area (Å²) in [7, 11) is 1.47. The molecular formula is C19H15ClN4O3. The summed E-state index contributed by atoms with van der Waals surface area (Å²) >= 11 is 6.11. The maximum atomic E-state index is 12.0. The van der Waals surface area contributed by atoms with Crippen molar-refractivity contribution >= 4 is 46.2 Å². The molecule has 0 unspecified atom stereocenters. The number of halogens is 1. The minimum Gasteiger partial charge on any atom is -0.495 e. The van der Waals surface area contributed by atoms with Crippen LogP contribution in [0.15, 0.2) is 59.7 Å². The molecule has 136 valence electrons. The van der Waals surface area contributed by atoms with Gasteiger partial charge >= 0.3 is 11.8 Å². The van der Waals surface area contributed by atoms with Crippen molar-refractivity contribution < 1.29 is 14.3 Å². The first kappa shape index (κ1) is 18.3. The molecule has 0 bridgehead atoms. The summed E-state index contributed by atoms with van der Waals surface area (Å²) in [6.45, 7) is 0. The second kappa shape index (κ2) is 8.29. The number of hydrazone groups is 1. The summed E-state index contributed by atoms with van der Waals surface area (Å²) in [5, 5.41) is 7.35. The van der Waals surface area contributed by atoms with E-state index in [0.29, 0.717) is 17.0 Å². The summed E-state index contributed by atoms with van der Waals surface area (Å²) in [4.78, 5) is 28.1. The molecule has 1 aromatic heterocycles. The number of nitrogens with one attached hydrogen (secondary N) is 2. The Labute approximate surface area is 160 Å². The highest BCUT2D eigenvalue weighted by Crippen LogP contribution is 2.22. The Morgan fingerprint density at radius 2 is 1.85 bits per heavy atom. The lowest BCUT2D eigenvalue weighted by Crippen LogP contribution is -2.32. The highest BCUT2D eigenvalue weighted by atomic mass is 35.5. The van der Waals surface area contributed by atoms with E-state index in [1.54, 1.807) is 30.3 Å². The Morgan fingerprint density at radius 1 is 1.11 bits per heavy atom. The monoisotopic (exact) mass is 382 g/mol. The maximum Gasteiger partial charge on any atom is 0.329 e. The number of hydrogen-bond acceptors (Lipinski definition) is 5. The largest absolute Gasteiger partial charge is 0.495 e. The molecule has 0 aliphatic carbocycles. The van der Waals surface area contributed by atoms with Crippen LogP contribution in [-0.4, -0.2) is 30.1 Å². The molecule has 8 heteroatoms. The van der Waals surface area contributed by atoms with Crippen LogP contribution >= 0.6 is 11.6 Å². The van der Waals surface area contributed by atoms with Crippen LogP contribution in [-0.2, 0) is 9.59 Å². The van der Waals surface area contributed by atoms with E-state index in [9.17, 15) is 9.59 Å². The van der Waals surface area contributed by atoms with Crippen LogP contribution in [0.25, 0.3) is 10.9 Å². The standard InChI is InChI=1S/C19H15ClN4O3/c1-27-16-9-5-4-8-15(16)23-18(25)19(26)24-21-11-13-10-12-6-2-3-7-14(12)22-17(13)20/h2-11H,1H3,(H,23,25)(H,24,26)/b21-11-. The number of fused-ring (bicyclic) bond motifs is 1. The summed E-state index contributed by atoms with van der Waals surface area (Å²) in [6, 6.07) is 16.0. The minimum atomic E-state index is -0.929. The molecular weight excluding hydrogens is 368 g/mol. The Morgan fingerprint density at radius 3 is 2.67 bits per heavy atom. The van der Waals surface area contributed by atoms with Gasteiger partial charge in [-0.15, -0.1) is 0 Å². The van der Waals surface area contributed by atoms with E-state index < -0.39 is 11.8 Å². The minimum absolute atomic E-state index is 0.241. The van der Waals surface area contributed by atoms with Crippen molar-refractivity contribution in [3.05, 3.63) is 65.3 Å². The first-order valence-electron chi connectivity index (χ1n) is 7.91. The van der Waals surface area contributed by atoms with E-state index in [1.165, 1.54) is 13.3 Å². The zero-order chi connectivity index (χ0) is 19.2. The number of amides is 2. The molecule has 0 aliphatic heterocycles. The normalized spacial score (nSPS) is 10.7. The van der Waals surface area contributed by atoms with E-state index >= 15 is 0 Å². The number of pyridine rings is 1. The lowest BCUT2D eigenvalue weighted by molar-refractivity contribution is -0.136. The average molecular weight is 383 g/mol. The van der Waals surface area contributed by atoms with Gasteiger partial charge in [-0.25, -0.2) is 10.4 Å². The number of methoxy groups -OCH3 is 1. The Kier molecular flexibility index (Phi) is 5.63. The van der Waals surface area contributed by atoms with Crippen LogP contribution in [0.1, 0.15) is 5.56 Å². The second-order valence-electron chi connectivity index (χ2n) is 5.41. The molecule has 0 aliphatic rings. The van der Waals surface area contributed by atoms with Gasteiger partial charge < -0.3 is 10.1 Å². The van der Waals surface area contributed by atoms with Crippen LogP contribution in [0.3, 0.4) is 0 Å². The van der Waals surface area contributed by atoms with Gasteiger partial charge in [0.25, 0.3) is 0 Å². The van der Waals surface area contributed by atoms with E-state index in [1.807, 2.05) is 24.3 Å². The molecule has 1 heterocycles.